The summed E-state index contributed by atoms with van der Waals surface area (Å²) in [6, 6.07) is 5.06. The first-order chi connectivity index (χ1) is 13.6. The lowest BCUT2D eigenvalue weighted by Crippen LogP contribution is -2.41. The van der Waals surface area contributed by atoms with Gasteiger partial charge in [-0.25, -0.2) is 4.39 Å². The molecule has 1 aliphatic rings. The topological polar surface area (TPSA) is 63.4 Å². The number of nitrogens with zero attached hydrogens (tertiary/aromatic N) is 4. The highest BCUT2D eigenvalue weighted by Gasteiger charge is 2.22. The molecule has 2 aromatic rings. The minimum absolute atomic E-state index is 0.146. The van der Waals surface area contributed by atoms with Crippen LogP contribution in [0.3, 0.4) is 0 Å². The molecule has 1 aromatic heterocycles. The first kappa shape index (κ1) is 20.5. The van der Waals surface area contributed by atoms with Gasteiger partial charge in [0.2, 0.25) is 0 Å². The van der Waals surface area contributed by atoms with Crippen molar-refractivity contribution in [2.45, 2.75) is 44.8 Å². The monoisotopic (exact) mass is 388 g/mol. The summed E-state index contributed by atoms with van der Waals surface area (Å²) >= 11 is 0. The van der Waals surface area contributed by atoms with Crippen LogP contribution >= 0.6 is 0 Å². The molecule has 152 valence electrons. The van der Waals surface area contributed by atoms with Gasteiger partial charge in [-0.15, -0.1) is 10.2 Å². The predicted octanol–water partition coefficient (Wildman–Crippen LogP) is 3.31. The Kier molecular flexibility index (Phi) is 7.56. The summed E-state index contributed by atoms with van der Waals surface area (Å²) in [5.74, 6) is 0.112. The van der Waals surface area contributed by atoms with Gasteiger partial charge in [0.25, 0.3) is 0 Å². The molecule has 28 heavy (non-hydrogen) atoms. The molecule has 7 heteroatoms. The van der Waals surface area contributed by atoms with Crippen LogP contribution in [0.1, 0.15) is 44.2 Å². The number of unbranched alkanes of at least 4 members (excludes halogenated alkanes) is 1. The van der Waals surface area contributed by atoms with Crippen LogP contribution in [0.25, 0.3) is 6.08 Å². The van der Waals surface area contributed by atoms with Gasteiger partial charge in [0, 0.05) is 31.7 Å². The smallest absolute Gasteiger partial charge is 0.127 e. The van der Waals surface area contributed by atoms with E-state index in [1.165, 1.54) is 12.1 Å². The van der Waals surface area contributed by atoms with Gasteiger partial charge in [-0.3, -0.25) is 0 Å². The summed E-state index contributed by atoms with van der Waals surface area (Å²) in [6.07, 6.45) is 10.8. The number of rotatable bonds is 9. The second kappa shape index (κ2) is 10.3. The van der Waals surface area contributed by atoms with E-state index in [1.54, 1.807) is 18.7 Å². The van der Waals surface area contributed by atoms with Crippen LogP contribution in [0.2, 0.25) is 0 Å². The van der Waals surface area contributed by atoms with Crippen LogP contribution in [0.15, 0.2) is 36.9 Å². The van der Waals surface area contributed by atoms with E-state index in [4.69, 9.17) is 4.74 Å². The Balaban J connectivity index is 1.44. The van der Waals surface area contributed by atoms with Crippen LogP contribution in [-0.4, -0.2) is 57.1 Å². The van der Waals surface area contributed by atoms with Gasteiger partial charge in [0.05, 0.1) is 0 Å². The summed E-state index contributed by atoms with van der Waals surface area (Å²) < 4.78 is 21.5. The number of ether oxygens (including phenoxy) is 1. The zero-order valence-electron chi connectivity index (χ0n) is 16.4. The zero-order valence-corrected chi connectivity index (χ0v) is 16.4. The van der Waals surface area contributed by atoms with Crippen LogP contribution in [-0.2, 0) is 0 Å². The molecular formula is C21H29FN4O2. The summed E-state index contributed by atoms with van der Waals surface area (Å²) in [7, 11) is 0. The highest BCUT2D eigenvalue weighted by Crippen LogP contribution is 2.22. The molecule has 1 saturated heterocycles. The van der Waals surface area contributed by atoms with Gasteiger partial charge in [-0.2, -0.15) is 0 Å². The minimum atomic E-state index is -0.617. The number of likely N-dealkylation sites (tertiary alicyclic amines) is 1. The average molecular weight is 388 g/mol. The van der Waals surface area contributed by atoms with Crippen LogP contribution in [0, 0.1) is 5.82 Å². The molecule has 0 radical (unpaired) electrons. The highest BCUT2D eigenvalue weighted by molar-refractivity contribution is 5.51. The van der Waals surface area contributed by atoms with Gasteiger partial charge in [0.15, 0.2) is 0 Å². The standard InChI is InChI=1S/C21H29FN4O2/c1-2-3-4-5-17-10-18(22)12-21(11-17)28-14-20(27)13-25-8-6-19(7-9-25)26-15-23-24-16-26/h4-5,10-12,15-16,19-20,27H,2-3,6-9,13-14H2,1H3/b5-4+. The highest BCUT2D eigenvalue weighted by atomic mass is 19.1. The van der Waals surface area contributed by atoms with Crippen molar-refractivity contribution in [3.63, 3.8) is 0 Å². The van der Waals surface area contributed by atoms with Crippen molar-refractivity contribution in [3.8, 4) is 5.75 Å². The number of aromatic nitrogens is 3. The van der Waals surface area contributed by atoms with Crippen molar-refractivity contribution in [3.05, 3.63) is 48.3 Å². The summed E-state index contributed by atoms with van der Waals surface area (Å²) in [6.45, 7) is 4.61. The molecule has 0 spiro atoms. The summed E-state index contributed by atoms with van der Waals surface area (Å²) in [4.78, 5) is 2.24. The Morgan fingerprint density at radius 2 is 2.00 bits per heavy atom. The number of halogens is 1. The molecule has 0 aliphatic carbocycles. The number of benzene rings is 1. The second-order valence-electron chi connectivity index (χ2n) is 7.32. The third kappa shape index (κ3) is 6.14. The van der Waals surface area contributed by atoms with E-state index in [1.807, 2.05) is 16.7 Å². The molecule has 1 unspecified atom stereocenters. The lowest BCUT2D eigenvalue weighted by molar-refractivity contribution is 0.0557. The molecule has 0 bridgehead atoms. The Bertz CT molecular complexity index is 743. The Morgan fingerprint density at radius 1 is 1.25 bits per heavy atom. The van der Waals surface area contributed by atoms with E-state index in [-0.39, 0.29) is 12.4 Å². The lowest BCUT2D eigenvalue weighted by Gasteiger charge is -2.33. The second-order valence-corrected chi connectivity index (χ2v) is 7.32. The van der Waals surface area contributed by atoms with Crippen molar-refractivity contribution < 1.29 is 14.2 Å². The third-order valence-corrected chi connectivity index (χ3v) is 4.99. The minimum Gasteiger partial charge on any atom is -0.491 e. The lowest BCUT2D eigenvalue weighted by atomic mass is 10.0. The molecule has 1 aromatic carbocycles. The Labute approximate surface area is 165 Å². The van der Waals surface area contributed by atoms with Crippen molar-refractivity contribution in [2.75, 3.05) is 26.2 Å². The number of aliphatic hydroxyl groups excluding tert-OH is 1. The maximum Gasteiger partial charge on any atom is 0.127 e. The quantitative estimate of drug-likeness (QED) is 0.714. The van der Waals surface area contributed by atoms with Crippen molar-refractivity contribution in [1.29, 1.82) is 0 Å². The van der Waals surface area contributed by atoms with E-state index in [9.17, 15) is 9.50 Å². The number of aliphatic hydroxyl groups is 1. The molecule has 3 rings (SSSR count). The van der Waals surface area contributed by atoms with Crippen molar-refractivity contribution >= 4 is 6.08 Å². The number of allylic oxidation sites excluding steroid dienone is 1. The molecule has 1 N–H and O–H groups in total. The number of piperidine rings is 1. The SMILES string of the molecule is CCC/C=C/c1cc(F)cc(OCC(O)CN2CCC(n3cnnc3)CC2)c1. The van der Waals surface area contributed by atoms with Gasteiger partial charge >= 0.3 is 0 Å². The Morgan fingerprint density at radius 3 is 2.71 bits per heavy atom. The average Bonchev–Trinajstić information content (AvgIpc) is 3.22. The van der Waals surface area contributed by atoms with Gasteiger partial charge in [-0.05, 0) is 37.0 Å². The summed E-state index contributed by atoms with van der Waals surface area (Å²) in [5.41, 5.74) is 0.772. The fourth-order valence-electron chi connectivity index (χ4n) is 3.49. The maximum atomic E-state index is 13.8. The molecule has 1 aliphatic heterocycles. The zero-order chi connectivity index (χ0) is 19.8. The van der Waals surface area contributed by atoms with Gasteiger partial charge < -0.3 is 19.3 Å². The van der Waals surface area contributed by atoms with E-state index in [2.05, 4.69) is 22.0 Å². The van der Waals surface area contributed by atoms with Gasteiger partial charge in [-0.1, -0.05) is 25.5 Å². The van der Waals surface area contributed by atoms with Crippen molar-refractivity contribution in [1.82, 2.24) is 19.7 Å². The van der Waals surface area contributed by atoms with E-state index in [0.29, 0.717) is 18.3 Å². The molecule has 1 fully saturated rings. The maximum absolute atomic E-state index is 13.8. The van der Waals surface area contributed by atoms with Crippen LogP contribution < -0.4 is 4.74 Å². The fourth-order valence-corrected chi connectivity index (χ4v) is 3.49. The fraction of sp³-hybridized carbons (Fsp3) is 0.524. The normalized spacial score (nSPS) is 17.2. The molecule has 6 nitrogen and oxygen atoms in total. The predicted molar refractivity (Wildman–Crippen MR) is 107 cm³/mol. The molecule has 0 amide bonds. The number of hydrogen-bond donors (Lipinski definition) is 1. The number of β-amino-alcohol motifs (C(OH)–C–C–N with tert-alkyl or cyclic N) is 1. The molecule has 1 atom stereocenters. The van der Waals surface area contributed by atoms with E-state index in [0.717, 1.165) is 44.3 Å². The third-order valence-electron chi connectivity index (χ3n) is 4.99. The van der Waals surface area contributed by atoms with E-state index >= 15 is 0 Å². The van der Waals surface area contributed by atoms with Crippen molar-refractivity contribution in [2.24, 2.45) is 0 Å². The largest absolute Gasteiger partial charge is 0.491 e. The summed E-state index contributed by atoms with van der Waals surface area (Å²) in [5, 5.41) is 18.1. The van der Waals surface area contributed by atoms with Gasteiger partial charge in [0.1, 0.15) is 36.9 Å². The van der Waals surface area contributed by atoms with E-state index < -0.39 is 6.10 Å². The molecule has 0 saturated carbocycles. The first-order valence-corrected chi connectivity index (χ1v) is 9.98. The number of hydrogen-bond acceptors (Lipinski definition) is 5. The first-order valence-electron chi connectivity index (χ1n) is 9.98. The van der Waals surface area contributed by atoms with Crippen LogP contribution in [0.5, 0.6) is 5.75 Å². The molecular weight excluding hydrogens is 359 g/mol. The molecule has 2 heterocycles. The Hall–Kier alpha value is -2.25. The van der Waals surface area contributed by atoms with Crippen LogP contribution in [0.4, 0.5) is 4.39 Å².